The summed E-state index contributed by atoms with van der Waals surface area (Å²) >= 11 is 0. The van der Waals surface area contributed by atoms with Crippen molar-refractivity contribution in [1.29, 1.82) is 0 Å². The number of hydrogen-bond donors (Lipinski definition) is 1. The molecule has 1 aromatic heterocycles. The van der Waals surface area contributed by atoms with Crippen LogP contribution in [0.1, 0.15) is 33.5 Å². The molecule has 9 heteroatoms. The molecule has 1 aliphatic heterocycles. The standard InChI is InChI=1S/C16H12F3N3O3/c1-8-6-11(21-15(20-8)16(17,18)19)13(23)22-7-10(14(24)25)9-4-2-3-5-12(9)22/h2-6,10H,7H2,1H3,(H,24,25). The van der Waals surface area contributed by atoms with Crippen molar-refractivity contribution in [2.45, 2.75) is 19.0 Å². The lowest BCUT2D eigenvalue weighted by Gasteiger charge is -2.18. The Balaban J connectivity index is 2.03. The Bertz CT molecular complexity index is 867. The molecule has 0 radical (unpaired) electrons. The van der Waals surface area contributed by atoms with Crippen molar-refractivity contribution in [3.05, 3.63) is 53.1 Å². The number of para-hydroxylation sites is 1. The van der Waals surface area contributed by atoms with E-state index in [0.29, 0.717) is 11.3 Å². The molecule has 1 amide bonds. The van der Waals surface area contributed by atoms with Gasteiger partial charge in [-0.05, 0) is 24.6 Å². The molecule has 1 unspecified atom stereocenters. The minimum atomic E-state index is -4.78. The van der Waals surface area contributed by atoms with E-state index in [4.69, 9.17) is 0 Å². The molecule has 0 spiro atoms. The Morgan fingerprint density at radius 2 is 1.92 bits per heavy atom. The van der Waals surface area contributed by atoms with Crippen LogP contribution in [0.3, 0.4) is 0 Å². The predicted molar refractivity (Wildman–Crippen MR) is 80.3 cm³/mol. The number of rotatable bonds is 2. The van der Waals surface area contributed by atoms with Gasteiger partial charge in [-0.3, -0.25) is 9.59 Å². The molecule has 1 aromatic carbocycles. The van der Waals surface area contributed by atoms with Crippen LogP contribution < -0.4 is 4.90 Å². The fourth-order valence-electron chi connectivity index (χ4n) is 2.75. The topological polar surface area (TPSA) is 83.4 Å². The summed E-state index contributed by atoms with van der Waals surface area (Å²) in [5, 5.41) is 9.31. The van der Waals surface area contributed by atoms with Crippen molar-refractivity contribution in [2.24, 2.45) is 0 Å². The van der Waals surface area contributed by atoms with Crippen LogP contribution in [0.5, 0.6) is 0 Å². The molecule has 3 rings (SSSR count). The average molecular weight is 351 g/mol. The van der Waals surface area contributed by atoms with E-state index < -0.39 is 35.5 Å². The number of carbonyl (C=O) groups is 2. The third kappa shape index (κ3) is 3.04. The summed E-state index contributed by atoms with van der Waals surface area (Å²) in [6.45, 7) is 1.16. The predicted octanol–water partition coefficient (Wildman–Crippen LogP) is 2.63. The number of hydrogen-bond acceptors (Lipinski definition) is 4. The molecular weight excluding hydrogens is 339 g/mol. The highest BCUT2D eigenvalue weighted by atomic mass is 19.4. The highest BCUT2D eigenvalue weighted by molar-refractivity contribution is 6.07. The molecular formula is C16H12F3N3O3. The van der Waals surface area contributed by atoms with E-state index in [-0.39, 0.29) is 12.2 Å². The number of aryl methyl sites for hydroxylation is 1. The molecule has 25 heavy (non-hydrogen) atoms. The first kappa shape index (κ1) is 16.9. The van der Waals surface area contributed by atoms with Crippen molar-refractivity contribution in [1.82, 2.24) is 9.97 Å². The lowest BCUT2D eigenvalue weighted by atomic mass is 10.0. The van der Waals surface area contributed by atoms with Gasteiger partial charge in [0.15, 0.2) is 0 Å². The van der Waals surface area contributed by atoms with Crippen LogP contribution in [-0.4, -0.2) is 33.5 Å². The van der Waals surface area contributed by atoms with E-state index in [1.807, 2.05) is 0 Å². The molecule has 0 saturated carbocycles. The Hall–Kier alpha value is -2.97. The van der Waals surface area contributed by atoms with Crippen LogP contribution in [0.25, 0.3) is 0 Å². The molecule has 1 aliphatic rings. The smallest absolute Gasteiger partial charge is 0.451 e. The first-order valence-electron chi connectivity index (χ1n) is 7.25. The maximum absolute atomic E-state index is 12.9. The number of fused-ring (bicyclic) bond motifs is 1. The van der Waals surface area contributed by atoms with Crippen molar-refractivity contribution in [3.8, 4) is 0 Å². The molecule has 2 aromatic rings. The van der Waals surface area contributed by atoms with Crippen LogP contribution in [0, 0.1) is 6.92 Å². The monoisotopic (exact) mass is 351 g/mol. The number of halogens is 3. The third-order valence-electron chi connectivity index (χ3n) is 3.84. The number of benzene rings is 1. The summed E-state index contributed by atoms with van der Waals surface area (Å²) in [4.78, 5) is 31.8. The van der Waals surface area contributed by atoms with Crippen molar-refractivity contribution in [2.75, 3.05) is 11.4 Å². The number of amides is 1. The summed E-state index contributed by atoms with van der Waals surface area (Å²) < 4.78 is 38.6. The first-order chi connectivity index (χ1) is 11.7. The van der Waals surface area contributed by atoms with Gasteiger partial charge in [-0.25, -0.2) is 9.97 Å². The highest BCUT2D eigenvalue weighted by Crippen LogP contribution is 2.37. The fourth-order valence-corrected chi connectivity index (χ4v) is 2.75. The number of alkyl halides is 3. The molecule has 130 valence electrons. The second kappa shape index (κ2) is 5.83. The molecule has 0 bridgehead atoms. The minimum Gasteiger partial charge on any atom is -0.481 e. The number of carboxylic acids is 1. The van der Waals surface area contributed by atoms with Gasteiger partial charge in [0, 0.05) is 17.9 Å². The van der Waals surface area contributed by atoms with Crippen LogP contribution in [0.2, 0.25) is 0 Å². The molecule has 0 saturated heterocycles. The zero-order valence-electron chi connectivity index (χ0n) is 12.9. The van der Waals surface area contributed by atoms with E-state index in [1.165, 1.54) is 6.92 Å². The zero-order valence-corrected chi connectivity index (χ0v) is 12.9. The Morgan fingerprint density at radius 1 is 1.24 bits per heavy atom. The van der Waals surface area contributed by atoms with E-state index in [0.717, 1.165) is 11.0 Å². The van der Waals surface area contributed by atoms with E-state index >= 15 is 0 Å². The quantitative estimate of drug-likeness (QED) is 0.899. The number of anilines is 1. The van der Waals surface area contributed by atoms with E-state index in [2.05, 4.69) is 9.97 Å². The number of aromatic nitrogens is 2. The summed E-state index contributed by atoms with van der Waals surface area (Å²) in [5.41, 5.74) is 0.350. The van der Waals surface area contributed by atoms with Gasteiger partial charge >= 0.3 is 12.1 Å². The largest absolute Gasteiger partial charge is 0.481 e. The second-order valence-electron chi connectivity index (χ2n) is 5.58. The summed E-state index contributed by atoms with van der Waals surface area (Å²) in [6.07, 6.45) is -4.78. The SMILES string of the molecule is Cc1cc(C(=O)N2CC(C(=O)O)c3ccccc32)nc(C(F)(F)F)n1. The molecule has 1 atom stereocenters. The van der Waals surface area contributed by atoms with Gasteiger partial charge < -0.3 is 10.0 Å². The summed E-state index contributed by atoms with van der Waals surface area (Å²) in [7, 11) is 0. The number of carboxylic acid groups (broad SMARTS) is 1. The van der Waals surface area contributed by atoms with Crippen LogP contribution in [0.4, 0.5) is 18.9 Å². The maximum atomic E-state index is 12.9. The van der Waals surface area contributed by atoms with E-state index in [9.17, 15) is 27.9 Å². The molecule has 6 nitrogen and oxygen atoms in total. The van der Waals surface area contributed by atoms with Gasteiger partial charge in [0.1, 0.15) is 11.6 Å². The van der Waals surface area contributed by atoms with Gasteiger partial charge in [0.2, 0.25) is 5.82 Å². The maximum Gasteiger partial charge on any atom is 0.451 e. The lowest BCUT2D eigenvalue weighted by Crippen LogP contribution is -2.32. The summed E-state index contributed by atoms with van der Waals surface area (Å²) in [5.74, 6) is -4.26. The van der Waals surface area contributed by atoms with Crippen LogP contribution in [0.15, 0.2) is 30.3 Å². The number of nitrogens with zero attached hydrogens (tertiary/aromatic N) is 3. The number of aliphatic carboxylic acids is 1. The number of carbonyl (C=O) groups excluding carboxylic acids is 1. The average Bonchev–Trinajstić information content (AvgIpc) is 2.92. The Morgan fingerprint density at radius 3 is 2.56 bits per heavy atom. The Kier molecular flexibility index (Phi) is 3.94. The van der Waals surface area contributed by atoms with Crippen molar-refractivity contribution < 1.29 is 27.9 Å². The van der Waals surface area contributed by atoms with E-state index in [1.54, 1.807) is 24.3 Å². The van der Waals surface area contributed by atoms with Gasteiger partial charge in [0.25, 0.3) is 5.91 Å². The molecule has 1 N–H and O–H groups in total. The van der Waals surface area contributed by atoms with Gasteiger partial charge in [-0.1, -0.05) is 18.2 Å². The van der Waals surface area contributed by atoms with Crippen molar-refractivity contribution >= 4 is 17.6 Å². The van der Waals surface area contributed by atoms with Gasteiger partial charge in [-0.15, -0.1) is 0 Å². The van der Waals surface area contributed by atoms with Crippen LogP contribution >= 0.6 is 0 Å². The normalized spacial score (nSPS) is 16.6. The van der Waals surface area contributed by atoms with Crippen molar-refractivity contribution in [3.63, 3.8) is 0 Å². The minimum absolute atomic E-state index is 0.00654. The highest BCUT2D eigenvalue weighted by Gasteiger charge is 2.39. The summed E-state index contributed by atoms with van der Waals surface area (Å²) in [6, 6.07) is 7.53. The van der Waals surface area contributed by atoms with Gasteiger partial charge in [-0.2, -0.15) is 13.2 Å². The zero-order chi connectivity index (χ0) is 18.4. The fraction of sp³-hybridized carbons (Fsp3) is 0.250. The third-order valence-corrected chi connectivity index (χ3v) is 3.84. The molecule has 0 aliphatic carbocycles. The van der Waals surface area contributed by atoms with Crippen LogP contribution in [-0.2, 0) is 11.0 Å². The molecule has 2 heterocycles. The lowest BCUT2D eigenvalue weighted by molar-refractivity contribution is -0.145. The molecule has 0 fully saturated rings. The Labute approximate surface area is 139 Å². The second-order valence-corrected chi connectivity index (χ2v) is 5.58. The van der Waals surface area contributed by atoms with Gasteiger partial charge in [0.05, 0.1) is 0 Å². The first-order valence-corrected chi connectivity index (χ1v) is 7.25.